The minimum absolute atomic E-state index is 0.512. The van der Waals surface area contributed by atoms with Gasteiger partial charge in [0.1, 0.15) is 0 Å². The number of amides is 1. The van der Waals surface area contributed by atoms with Crippen LogP contribution in [0.2, 0.25) is 0 Å². The van der Waals surface area contributed by atoms with Gasteiger partial charge < -0.3 is 15.5 Å². The van der Waals surface area contributed by atoms with Gasteiger partial charge in [-0.3, -0.25) is 10.6 Å². The lowest BCUT2D eigenvalue weighted by Crippen LogP contribution is -2.55. The molecule has 7 heteroatoms. The van der Waals surface area contributed by atoms with Gasteiger partial charge in [0, 0.05) is 0 Å². The summed E-state index contributed by atoms with van der Waals surface area (Å²) >= 11 is 0. The quantitative estimate of drug-likeness (QED) is 0.213. The fraction of sp³-hybridized carbons (Fsp3) is 0.818. The highest BCUT2D eigenvalue weighted by molar-refractivity contribution is 5.87. The first-order valence-electron chi connectivity index (χ1n) is 6.11. The number of hydrogen-bond donors (Lipinski definition) is 5. The number of nitrogens with two attached hydrogens (primary N) is 1. The zero-order valence-electron chi connectivity index (χ0n) is 10.8. The molecule has 0 spiro atoms. The van der Waals surface area contributed by atoms with Gasteiger partial charge in [0.05, 0.1) is 12.1 Å². The number of unbranched alkanes of at least 4 members (excludes halogenated alkanes) is 2. The summed E-state index contributed by atoms with van der Waals surface area (Å²) in [7, 11) is 0. The number of carboxylic acids is 1. The monoisotopic (exact) mass is 261 g/mol. The molecule has 7 nitrogen and oxygen atoms in total. The van der Waals surface area contributed by atoms with Crippen LogP contribution in [0.3, 0.4) is 0 Å². The maximum Gasteiger partial charge on any atom is 0.328 e. The molecule has 0 aliphatic heterocycles. The van der Waals surface area contributed by atoms with Crippen molar-refractivity contribution in [2.75, 3.05) is 0 Å². The molecule has 3 atom stereocenters. The third-order valence-electron chi connectivity index (χ3n) is 2.66. The normalized spacial score (nSPS) is 15.8. The number of hydrazine groups is 1. The first-order valence-corrected chi connectivity index (χ1v) is 6.11. The Morgan fingerprint density at radius 2 is 1.94 bits per heavy atom. The van der Waals surface area contributed by atoms with Crippen molar-refractivity contribution in [1.82, 2.24) is 10.7 Å². The highest BCUT2D eigenvalue weighted by atomic mass is 16.4. The Morgan fingerprint density at radius 1 is 1.33 bits per heavy atom. The third kappa shape index (κ3) is 5.95. The molecule has 0 bridgehead atoms. The molecule has 0 heterocycles. The predicted molar refractivity (Wildman–Crippen MR) is 66.5 cm³/mol. The van der Waals surface area contributed by atoms with Crippen LogP contribution in [-0.4, -0.2) is 40.3 Å². The zero-order valence-corrected chi connectivity index (χ0v) is 10.8. The molecule has 1 amide bonds. The van der Waals surface area contributed by atoms with Gasteiger partial charge in [0.2, 0.25) is 5.91 Å². The van der Waals surface area contributed by atoms with Gasteiger partial charge in [-0.25, -0.2) is 10.2 Å². The average Bonchev–Trinajstić information content (AvgIpc) is 2.30. The molecule has 18 heavy (non-hydrogen) atoms. The molecule has 0 aromatic rings. The van der Waals surface area contributed by atoms with E-state index in [-0.39, 0.29) is 0 Å². The summed E-state index contributed by atoms with van der Waals surface area (Å²) in [5, 5.41) is 20.4. The fourth-order valence-electron chi connectivity index (χ4n) is 1.53. The summed E-state index contributed by atoms with van der Waals surface area (Å²) in [6.45, 7) is 3.35. The molecule has 106 valence electrons. The van der Waals surface area contributed by atoms with E-state index >= 15 is 0 Å². The van der Waals surface area contributed by atoms with Crippen LogP contribution in [0.5, 0.6) is 0 Å². The Morgan fingerprint density at radius 3 is 2.33 bits per heavy atom. The summed E-state index contributed by atoms with van der Waals surface area (Å²) in [6.07, 6.45) is 2.18. The van der Waals surface area contributed by atoms with Crippen molar-refractivity contribution in [2.45, 2.75) is 57.7 Å². The van der Waals surface area contributed by atoms with Gasteiger partial charge in [-0.1, -0.05) is 26.2 Å². The van der Waals surface area contributed by atoms with E-state index in [0.717, 1.165) is 19.3 Å². The van der Waals surface area contributed by atoms with E-state index in [4.69, 9.17) is 10.9 Å². The topological polar surface area (TPSA) is 125 Å². The van der Waals surface area contributed by atoms with Crippen LogP contribution in [0.15, 0.2) is 0 Å². The molecule has 0 aliphatic rings. The third-order valence-corrected chi connectivity index (χ3v) is 2.66. The van der Waals surface area contributed by atoms with Gasteiger partial charge in [0.15, 0.2) is 6.04 Å². The smallest absolute Gasteiger partial charge is 0.328 e. The van der Waals surface area contributed by atoms with Crippen LogP contribution in [0, 0.1) is 0 Å². The Kier molecular flexibility index (Phi) is 8.27. The summed E-state index contributed by atoms with van der Waals surface area (Å²) in [5.74, 6) is 3.48. The lowest BCUT2D eigenvalue weighted by Gasteiger charge is -2.21. The highest BCUT2D eigenvalue weighted by Crippen LogP contribution is 2.04. The molecule has 6 N–H and O–H groups in total. The predicted octanol–water partition coefficient (Wildman–Crippen LogP) is -0.651. The lowest BCUT2D eigenvalue weighted by molar-refractivity contribution is -0.145. The van der Waals surface area contributed by atoms with Crippen molar-refractivity contribution in [2.24, 2.45) is 5.84 Å². The number of aliphatic hydroxyl groups is 1. The molecule has 0 rings (SSSR count). The number of carboxylic acid groups (broad SMARTS) is 1. The second-order valence-corrected chi connectivity index (χ2v) is 4.28. The molecular formula is C11H23N3O4. The molecule has 0 radical (unpaired) electrons. The molecule has 0 saturated heterocycles. The number of hydrogen-bond acceptors (Lipinski definition) is 5. The van der Waals surface area contributed by atoms with E-state index in [0.29, 0.717) is 6.42 Å². The fourth-order valence-corrected chi connectivity index (χ4v) is 1.53. The molecular weight excluding hydrogens is 238 g/mol. The van der Waals surface area contributed by atoms with Gasteiger partial charge in [-0.15, -0.1) is 0 Å². The van der Waals surface area contributed by atoms with Crippen LogP contribution in [0.1, 0.15) is 39.5 Å². The SMILES string of the molecule is CCCCC[C@H](NN)C(=O)N[C@H](C(=O)O)[C@@H](C)O. The first-order chi connectivity index (χ1) is 8.43. The number of rotatable bonds is 9. The zero-order chi connectivity index (χ0) is 14.1. The number of carbonyl (C=O) groups excluding carboxylic acids is 1. The Balaban J connectivity index is 4.36. The summed E-state index contributed by atoms with van der Waals surface area (Å²) in [6, 6.07) is -1.96. The van der Waals surface area contributed by atoms with E-state index in [1.165, 1.54) is 6.92 Å². The van der Waals surface area contributed by atoms with Crippen molar-refractivity contribution in [1.29, 1.82) is 0 Å². The summed E-state index contributed by atoms with van der Waals surface area (Å²) in [4.78, 5) is 22.6. The number of carbonyl (C=O) groups is 2. The largest absolute Gasteiger partial charge is 0.480 e. The highest BCUT2D eigenvalue weighted by Gasteiger charge is 2.27. The maximum atomic E-state index is 11.8. The van der Waals surface area contributed by atoms with Crippen LogP contribution in [0.4, 0.5) is 0 Å². The number of aliphatic hydroxyl groups excluding tert-OH is 1. The average molecular weight is 261 g/mol. The Labute approximate surface area is 107 Å². The summed E-state index contributed by atoms with van der Waals surface area (Å²) < 4.78 is 0. The van der Waals surface area contributed by atoms with Crippen LogP contribution in [-0.2, 0) is 9.59 Å². The lowest BCUT2D eigenvalue weighted by atomic mass is 10.1. The van der Waals surface area contributed by atoms with Crippen LogP contribution < -0.4 is 16.6 Å². The van der Waals surface area contributed by atoms with Crippen molar-refractivity contribution >= 4 is 11.9 Å². The van der Waals surface area contributed by atoms with Crippen molar-refractivity contribution < 1.29 is 19.8 Å². The maximum absolute atomic E-state index is 11.8. The second-order valence-electron chi connectivity index (χ2n) is 4.28. The molecule has 0 aromatic carbocycles. The molecule has 0 saturated carbocycles. The van der Waals surface area contributed by atoms with Crippen LogP contribution in [0.25, 0.3) is 0 Å². The molecule has 0 aromatic heterocycles. The Bertz CT molecular complexity index is 271. The standard InChI is InChI=1S/C11H23N3O4/c1-3-4-5-6-8(14-12)10(16)13-9(7(2)15)11(17)18/h7-9,14-15H,3-6,12H2,1-2H3,(H,13,16)(H,17,18)/t7-,8+,9+/m1/s1. The molecule has 0 unspecified atom stereocenters. The van der Waals surface area contributed by atoms with E-state index in [1.807, 2.05) is 6.92 Å². The van der Waals surface area contributed by atoms with Crippen molar-refractivity contribution in [3.63, 3.8) is 0 Å². The summed E-state index contributed by atoms with van der Waals surface area (Å²) in [5.41, 5.74) is 2.36. The van der Waals surface area contributed by atoms with E-state index in [2.05, 4.69) is 10.7 Å². The van der Waals surface area contributed by atoms with Gasteiger partial charge >= 0.3 is 5.97 Å². The van der Waals surface area contributed by atoms with E-state index in [1.54, 1.807) is 0 Å². The van der Waals surface area contributed by atoms with Gasteiger partial charge in [-0.05, 0) is 13.3 Å². The minimum atomic E-state index is -1.32. The van der Waals surface area contributed by atoms with E-state index < -0.39 is 30.1 Å². The second kappa shape index (κ2) is 8.84. The Hall–Kier alpha value is -1.18. The number of nitrogens with one attached hydrogen (secondary N) is 2. The van der Waals surface area contributed by atoms with Gasteiger partial charge in [-0.2, -0.15) is 0 Å². The molecule has 0 aliphatic carbocycles. The van der Waals surface area contributed by atoms with Gasteiger partial charge in [0.25, 0.3) is 0 Å². The first kappa shape index (κ1) is 16.8. The minimum Gasteiger partial charge on any atom is -0.480 e. The van der Waals surface area contributed by atoms with Crippen LogP contribution >= 0.6 is 0 Å². The molecule has 0 fully saturated rings. The van der Waals surface area contributed by atoms with E-state index in [9.17, 15) is 14.7 Å². The number of aliphatic carboxylic acids is 1. The van der Waals surface area contributed by atoms with Crippen molar-refractivity contribution in [3.05, 3.63) is 0 Å². The van der Waals surface area contributed by atoms with Crippen molar-refractivity contribution in [3.8, 4) is 0 Å².